The van der Waals surface area contributed by atoms with Gasteiger partial charge < -0.3 is 4.90 Å². The molecule has 0 aromatic carbocycles. The van der Waals surface area contributed by atoms with Crippen LogP contribution in [-0.2, 0) is 0 Å². The van der Waals surface area contributed by atoms with Crippen molar-refractivity contribution in [2.24, 2.45) is 5.41 Å². The first-order valence-electron chi connectivity index (χ1n) is 5.04. The van der Waals surface area contributed by atoms with E-state index >= 15 is 0 Å². The predicted octanol–water partition coefficient (Wildman–Crippen LogP) is 2.44. The van der Waals surface area contributed by atoms with E-state index in [-0.39, 0.29) is 0 Å². The van der Waals surface area contributed by atoms with Crippen LogP contribution < -0.4 is 0 Å². The van der Waals surface area contributed by atoms with Gasteiger partial charge in [-0.25, -0.2) is 0 Å². The lowest BCUT2D eigenvalue weighted by molar-refractivity contribution is 0.132. The molecule has 68 valence electrons. The summed E-state index contributed by atoms with van der Waals surface area (Å²) in [5.74, 6) is 0. The molecule has 1 aliphatic heterocycles. The lowest BCUT2D eigenvalue weighted by atomic mass is 9.76. The van der Waals surface area contributed by atoms with Crippen LogP contribution in [0.5, 0.6) is 0 Å². The van der Waals surface area contributed by atoms with Gasteiger partial charge in [0.2, 0.25) is 0 Å². The molecule has 1 saturated heterocycles. The second kappa shape index (κ2) is 2.88. The number of hydrogen-bond acceptors (Lipinski definition) is 1. The fourth-order valence-electron chi connectivity index (χ4n) is 2.60. The Balaban J connectivity index is 1.97. The van der Waals surface area contributed by atoms with Gasteiger partial charge in [-0.15, -0.1) is 0 Å². The third kappa shape index (κ3) is 1.42. The fourth-order valence-corrected chi connectivity index (χ4v) is 2.60. The Morgan fingerprint density at radius 1 is 1.33 bits per heavy atom. The Morgan fingerprint density at radius 2 is 2.00 bits per heavy atom. The van der Waals surface area contributed by atoms with Crippen molar-refractivity contribution in [2.45, 2.75) is 32.6 Å². The second-order valence-corrected chi connectivity index (χ2v) is 4.73. The van der Waals surface area contributed by atoms with E-state index in [0.29, 0.717) is 5.41 Å². The summed E-state index contributed by atoms with van der Waals surface area (Å²) >= 11 is 0. The summed E-state index contributed by atoms with van der Waals surface area (Å²) in [6, 6.07) is 0. The second-order valence-electron chi connectivity index (χ2n) is 4.73. The quantitative estimate of drug-likeness (QED) is 0.498. The first-order valence-corrected chi connectivity index (χ1v) is 5.04. The molecule has 0 N–H and O–H groups in total. The molecule has 0 aromatic rings. The highest BCUT2D eigenvalue weighted by molar-refractivity contribution is 5.13. The summed E-state index contributed by atoms with van der Waals surface area (Å²) in [6.45, 7) is 4.90. The zero-order valence-electron chi connectivity index (χ0n) is 8.27. The molecule has 1 spiro atoms. The van der Waals surface area contributed by atoms with Crippen LogP contribution in [-0.4, -0.2) is 25.0 Å². The van der Waals surface area contributed by atoms with E-state index in [0.717, 1.165) is 0 Å². The van der Waals surface area contributed by atoms with Crippen molar-refractivity contribution in [3.05, 3.63) is 11.6 Å². The van der Waals surface area contributed by atoms with Crippen molar-refractivity contribution >= 4 is 0 Å². The van der Waals surface area contributed by atoms with Crippen molar-refractivity contribution in [3.63, 3.8) is 0 Å². The SMILES string of the molecule is CC1=CCC2(CCN(C)CC2)C1. The van der Waals surface area contributed by atoms with E-state index in [4.69, 9.17) is 0 Å². The molecule has 0 amide bonds. The van der Waals surface area contributed by atoms with Gasteiger partial charge in [-0.1, -0.05) is 11.6 Å². The van der Waals surface area contributed by atoms with Gasteiger partial charge in [0.15, 0.2) is 0 Å². The first-order chi connectivity index (χ1) is 5.70. The van der Waals surface area contributed by atoms with E-state index in [2.05, 4.69) is 24.9 Å². The van der Waals surface area contributed by atoms with Gasteiger partial charge in [-0.3, -0.25) is 0 Å². The Morgan fingerprint density at radius 3 is 2.50 bits per heavy atom. The minimum absolute atomic E-state index is 0.691. The maximum Gasteiger partial charge on any atom is -0.00163 e. The van der Waals surface area contributed by atoms with Crippen molar-refractivity contribution in [1.82, 2.24) is 4.90 Å². The Hall–Kier alpha value is -0.300. The van der Waals surface area contributed by atoms with Crippen LogP contribution in [0.1, 0.15) is 32.6 Å². The number of nitrogens with zero attached hydrogens (tertiary/aromatic N) is 1. The highest BCUT2D eigenvalue weighted by Gasteiger charge is 2.35. The summed E-state index contributed by atoms with van der Waals surface area (Å²) in [4.78, 5) is 2.46. The van der Waals surface area contributed by atoms with Gasteiger partial charge in [-0.2, -0.15) is 0 Å². The fraction of sp³-hybridized carbons (Fsp3) is 0.818. The molecule has 1 fully saturated rings. The number of allylic oxidation sites excluding steroid dienone is 2. The molecular formula is C11H19N. The zero-order valence-corrected chi connectivity index (χ0v) is 8.27. The van der Waals surface area contributed by atoms with Crippen molar-refractivity contribution in [1.29, 1.82) is 0 Å². The van der Waals surface area contributed by atoms with Crippen LogP contribution in [0.15, 0.2) is 11.6 Å². The van der Waals surface area contributed by atoms with Crippen molar-refractivity contribution in [3.8, 4) is 0 Å². The van der Waals surface area contributed by atoms with Crippen LogP contribution in [0.2, 0.25) is 0 Å². The lowest BCUT2D eigenvalue weighted by Gasteiger charge is -2.38. The maximum absolute atomic E-state index is 2.46. The highest BCUT2D eigenvalue weighted by atomic mass is 15.1. The zero-order chi connectivity index (χ0) is 8.60. The molecule has 0 unspecified atom stereocenters. The molecule has 1 aliphatic carbocycles. The number of hydrogen-bond donors (Lipinski definition) is 0. The molecule has 2 rings (SSSR count). The topological polar surface area (TPSA) is 3.24 Å². The third-order valence-corrected chi connectivity index (χ3v) is 3.59. The number of piperidine rings is 1. The molecule has 0 aromatic heterocycles. The molecule has 0 atom stereocenters. The molecule has 1 heteroatoms. The van der Waals surface area contributed by atoms with Gasteiger partial charge >= 0.3 is 0 Å². The van der Waals surface area contributed by atoms with E-state index < -0.39 is 0 Å². The van der Waals surface area contributed by atoms with Gasteiger partial charge in [0.25, 0.3) is 0 Å². The van der Waals surface area contributed by atoms with Crippen molar-refractivity contribution in [2.75, 3.05) is 20.1 Å². The van der Waals surface area contributed by atoms with E-state index in [9.17, 15) is 0 Å². The van der Waals surface area contributed by atoms with Crippen molar-refractivity contribution < 1.29 is 0 Å². The minimum atomic E-state index is 0.691. The molecule has 1 heterocycles. The molecular weight excluding hydrogens is 146 g/mol. The Bertz CT molecular complexity index is 197. The molecule has 2 aliphatic rings. The lowest BCUT2D eigenvalue weighted by Crippen LogP contribution is -2.36. The average molecular weight is 165 g/mol. The van der Waals surface area contributed by atoms with Gasteiger partial charge in [-0.05, 0) is 58.2 Å². The predicted molar refractivity (Wildman–Crippen MR) is 52.2 cm³/mol. The minimum Gasteiger partial charge on any atom is -0.306 e. The van der Waals surface area contributed by atoms with Gasteiger partial charge in [0.05, 0.1) is 0 Å². The van der Waals surface area contributed by atoms with Crippen LogP contribution in [0.3, 0.4) is 0 Å². The normalized spacial score (nSPS) is 29.3. The third-order valence-electron chi connectivity index (χ3n) is 3.59. The Labute approximate surface area is 75.4 Å². The molecule has 12 heavy (non-hydrogen) atoms. The molecule has 0 saturated carbocycles. The summed E-state index contributed by atoms with van der Waals surface area (Å²) in [7, 11) is 2.24. The van der Waals surface area contributed by atoms with Crippen LogP contribution in [0.25, 0.3) is 0 Å². The van der Waals surface area contributed by atoms with Gasteiger partial charge in [0, 0.05) is 0 Å². The van der Waals surface area contributed by atoms with E-state index in [1.807, 2.05) is 0 Å². The smallest absolute Gasteiger partial charge is 0.00163 e. The summed E-state index contributed by atoms with van der Waals surface area (Å²) in [5.41, 5.74) is 2.32. The standard InChI is InChI=1S/C11H19N/c1-10-3-4-11(9-10)5-7-12(2)8-6-11/h3H,4-9H2,1-2H3. The van der Waals surface area contributed by atoms with Crippen LogP contribution in [0.4, 0.5) is 0 Å². The summed E-state index contributed by atoms with van der Waals surface area (Å²) in [6.07, 6.45) is 8.01. The average Bonchev–Trinajstić information content (AvgIpc) is 2.40. The monoisotopic (exact) mass is 165 g/mol. The number of likely N-dealkylation sites (tertiary alicyclic amines) is 1. The van der Waals surface area contributed by atoms with E-state index in [1.165, 1.54) is 38.8 Å². The van der Waals surface area contributed by atoms with Crippen LogP contribution >= 0.6 is 0 Å². The Kier molecular flexibility index (Phi) is 1.99. The van der Waals surface area contributed by atoms with Gasteiger partial charge in [0.1, 0.15) is 0 Å². The summed E-state index contributed by atoms with van der Waals surface area (Å²) in [5, 5.41) is 0. The summed E-state index contributed by atoms with van der Waals surface area (Å²) < 4.78 is 0. The molecule has 0 bridgehead atoms. The molecule has 1 nitrogen and oxygen atoms in total. The first kappa shape index (κ1) is 8.31. The number of rotatable bonds is 0. The highest BCUT2D eigenvalue weighted by Crippen LogP contribution is 2.45. The van der Waals surface area contributed by atoms with E-state index in [1.54, 1.807) is 5.57 Å². The maximum atomic E-state index is 2.46. The largest absolute Gasteiger partial charge is 0.306 e. The van der Waals surface area contributed by atoms with Crippen LogP contribution in [0, 0.1) is 5.41 Å². The molecule has 0 radical (unpaired) electrons.